The van der Waals surface area contributed by atoms with E-state index in [0.717, 1.165) is 26.8 Å². The first-order valence-corrected chi connectivity index (χ1v) is 10.1. The fourth-order valence-corrected chi connectivity index (χ4v) is 3.82. The summed E-state index contributed by atoms with van der Waals surface area (Å²) in [5.41, 5.74) is 2.72. The number of fused-ring (bicyclic) bond motifs is 1. The summed E-state index contributed by atoms with van der Waals surface area (Å²) in [4.78, 5) is 22.0. The number of hydrogen-bond donors (Lipinski definition) is 3. The molecule has 4 rings (SSSR count). The summed E-state index contributed by atoms with van der Waals surface area (Å²) in [6, 6.07) is 11.8. The van der Waals surface area contributed by atoms with Crippen LogP contribution in [0.25, 0.3) is 5.65 Å². The molecule has 29 heavy (non-hydrogen) atoms. The van der Waals surface area contributed by atoms with Crippen molar-refractivity contribution in [2.75, 3.05) is 11.9 Å². The maximum Gasteiger partial charge on any atom is 0.224 e. The van der Waals surface area contributed by atoms with Gasteiger partial charge in [-0.1, -0.05) is 23.9 Å². The first-order valence-electron chi connectivity index (χ1n) is 9.27. The molecule has 0 unspecified atom stereocenters. The van der Waals surface area contributed by atoms with Gasteiger partial charge in [-0.3, -0.25) is 14.3 Å². The van der Waals surface area contributed by atoms with E-state index in [0.29, 0.717) is 24.7 Å². The Morgan fingerprint density at radius 2 is 2.17 bits per heavy atom. The molecule has 4 aromatic rings. The fourth-order valence-electron chi connectivity index (χ4n) is 2.92. The van der Waals surface area contributed by atoms with E-state index >= 15 is 0 Å². The highest BCUT2D eigenvalue weighted by Gasteiger charge is 2.10. The van der Waals surface area contributed by atoms with Gasteiger partial charge in [0, 0.05) is 41.7 Å². The van der Waals surface area contributed by atoms with Crippen molar-refractivity contribution in [3.05, 3.63) is 60.0 Å². The van der Waals surface area contributed by atoms with Crippen molar-refractivity contribution in [3.8, 4) is 0 Å². The molecule has 0 aliphatic heterocycles. The number of nitrogens with zero attached hydrogens (tertiary/aromatic N) is 4. The van der Waals surface area contributed by atoms with Gasteiger partial charge in [0.1, 0.15) is 10.7 Å². The van der Waals surface area contributed by atoms with E-state index in [1.165, 1.54) is 11.8 Å². The van der Waals surface area contributed by atoms with E-state index in [9.17, 15) is 4.79 Å². The lowest BCUT2D eigenvalue weighted by Crippen LogP contribution is -2.24. The van der Waals surface area contributed by atoms with E-state index in [-0.39, 0.29) is 5.91 Å². The summed E-state index contributed by atoms with van der Waals surface area (Å²) < 4.78 is 1.87. The summed E-state index contributed by atoms with van der Waals surface area (Å²) in [5.74, 6) is 1.34. The van der Waals surface area contributed by atoms with Crippen molar-refractivity contribution in [1.29, 1.82) is 0 Å². The molecule has 3 N–H and O–H groups in total. The van der Waals surface area contributed by atoms with Gasteiger partial charge >= 0.3 is 0 Å². The van der Waals surface area contributed by atoms with Crippen LogP contribution in [0.5, 0.6) is 0 Å². The molecular weight excluding hydrogens is 386 g/mol. The molecule has 0 fully saturated rings. The van der Waals surface area contributed by atoms with E-state index < -0.39 is 0 Å². The number of benzene rings is 1. The van der Waals surface area contributed by atoms with Crippen LogP contribution in [0.15, 0.2) is 58.7 Å². The summed E-state index contributed by atoms with van der Waals surface area (Å²) in [6.07, 6.45) is 3.95. The van der Waals surface area contributed by atoms with Gasteiger partial charge in [-0.15, -0.1) is 0 Å². The van der Waals surface area contributed by atoms with Crippen LogP contribution in [0, 0.1) is 6.92 Å². The number of amides is 1. The van der Waals surface area contributed by atoms with Gasteiger partial charge in [-0.25, -0.2) is 9.97 Å². The van der Waals surface area contributed by atoms with Gasteiger partial charge < -0.3 is 10.6 Å². The quantitative estimate of drug-likeness (QED) is 0.406. The van der Waals surface area contributed by atoms with Gasteiger partial charge in [0.25, 0.3) is 0 Å². The Kier molecular flexibility index (Phi) is 5.48. The molecule has 0 spiro atoms. The molecule has 0 saturated carbocycles. The molecule has 8 nitrogen and oxygen atoms in total. The van der Waals surface area contributed by atoms with E-state index in [2.05, 4.69) is 25.8 Å². The summed E-state index contributed by atoms with van der Waals surface area (Å²) in [7, 11) is 0. The number of aromatic nitrogens is 5. The Labute approximate surface area is 172 Å². The predicted octanol–water partition coefficient (Wildman–Crippen LogP) is 3.33. The zero-order valence-corrected chi connectivity index (χ0v) is 17.0. The molecule has 9 heteroatoms. The van der Waals surface area contributed by atoms with Crippen LogP contribution in [0.1, 0.15) is 18.2 Å². The first kappa shape index (κ1) is 19.0. The summed E-state index contributed by atoms with van der Waals surface area (Å²) in [6.45, 7) is 4.49. The van der Waals surface area contributed by atoms with Gasteiger partial charge in [0.2, 0.25) is 11.9 Å². The molecule has 3 heterocycles. The van der Waals surface area contributed by atoms with Crippen molar-refractivity contribution < 1.29 is 4.79 Å². The van der Waals surface area contributed by atoms with Crippen LogP contribution in [0.4, 0.5) is 11.8 Å². The minimum Gasteiger partial charge on any atom is -0.356 e. The second-order valence-corrected chi connectivity index (χ2v) is 7.61. The molecule has 1 aromatic carbocycles. The number of rotatable bonds is 7. The smallest absolute Gasteiger partial charge is 0.224 e. The van der Waals surface area contributed by atoms with Crippen molar-refractivity contribution in [1.82, 2.24) is 29.9 Å². The third-order valence-electron chi connectivity index (χ3n) is 4.17. The first-order chi connectivity index (χ1) is 14.1. The lowest BCUT2D eigenvalue weighted by atomic mass is 10.1. The number of carbonyl (C=O) groups excluding carboxylic acids is 1. The second-order valence-electron chi connectivity index (χ2n) is 6.51. The molecule has 1 amide bonds. The maximum absolute atomic E-state index is 11.9. The Bertz CT molecular complexity index is 1150. The molecule has 0 aliphatic rings. The maximum atomic E-state index is 11.9. The van der Waals surface area contributed by atoms with Crippen molar-refractivity contribution >= 4 is 35.1 Å². The lowest BCUT2D eigenvalue weighted by Gasteiger charge is -2.09. The average molecular weight is 408 g/mol. The van der Waals surface area contributed by atoms with Crippen LogP contribution in [0.3, 0.4) is 0 Å². The number of anilines is 2. The molecule has 0 bridgehead atoms. The van der Waals surface area contributed by atoms with Gasteiger partial charge in [-0.2, -0.15) is 5.10 Å². The standard InChI is InChI=1S/C20H21N7OS/c1-3-21-18(28)11-14-5-4-6-15(10-14)29-19-12-17-22-7-8-27(17)20(24-19)23-16-9-13(2)25-26-16/h4-10,12H,3,11H2,1-2H3,(H,21,28)(H2,23,24,25,26). The van der Waals surface area contributed by atoms with E-state index in [4.69, 9.17) is 4.98 Å². The number of nitrogens with one attached hydrogen (secondary N) is 3. The van der Waals surface area contributed by atoms with Crippen LogP contribution < -0.4 is 10.6 Å². The van der Waals surface area contributed by atoms with Crippen molar-refractivity contribution in [2.24, 2.45) is 0 Å². The van der Waals surface area contributed by atoms with Crippen LogP contribution in [0.2, 0.25) is 0 Å². The zero-order valence-electron chi connectivity index (χ0n) is 16.1. The van der Waals surface area contributed by atoms with Crippen LogP contribution >= 0.6 is 11.8 Å². The minimum absolute atomic E-state index is 0.0207. The highest BCUT2D eigenvalue weighted by Crippen LogP contribution is 2.29. The molecule has 0 aliphatic carbocycles. The number of hydrogen-bond acceptors (Lipinski definition) is 6. The number of likely N-dealkylation sites (N-methyl/N-ethyl adjacent to an activating group) is 1. The lowest BCUT2D eigenvalue weighted by molar-refractivity contribution is -0.120. The molecule has 148 valence electrons. The fraction of sp³-hybridized carbons (Fsp3) is 0.200. The van der Waals surface area contributed by atoms with E-state index in [1.54, 1.807) is 6.20 Å². The average Bonchev–Trinajstić information content (AvgIpc) is 3.31. The third-order valence-corrected chi connectivity index (χ3v) is 5.08. The largest absolute Gasteiger partial charge is 0.356 e. The second kappa shape index (κ2) is 8.36. The highest BCUT2D eigenvalue weighted by molar-refractivity contribution is 7.99. The highest BCUT2D eigenvalue weighted by atomic mass is 32.2. The molecule has 0 saturated heterocycles. The Morgan fingerprint density at radius 1 is 1.28 bits per heavy atom. The number of aromatic amines is 1. The predicted molar refractivity (Wildman–Crippen MR) is 113 cm³/mol. The summed E-state index contributed by atoms with van der Waals surface area (Å²) >= 11 is 1.53. The van der Waals surface area contributed by atoms with Gasteiger partial charge in [0.05, 0.1) is 6.42 Å². The minimum atomic E-state index is 0.0207. The molecular formula is C20H21N7OS. The monoisotopic (exact) mass is 407 g/mol. The number of imidazole rings is 1. The van der Waals surface area contributed by atoms with Crippen molar-refractivity contribution in [2.45, 2.75) is 30.2 Å². The van der Waals surface area contributed by atoms with Crippen LogP contribution in [-0.4, -0.2) is 37.0 Å². The summed E-state index contributed by atoms with van der Waals surface area (Å²) in [5, 5.41) is 14.0. The topological polar surface area (TPSA) is 100 Å². The molecule has 3 aromatic heterocycles. The van der Waals surface area contributed by atoms with Gasteiger partial charge in [-0.05, 0) is 31.5 Å². The van der Waals surface area contributed by atoms with Gasteiger partial charge in [0.15, 0.2) is 5.82 Å². The third kappa shape index (κ3) is 4.57. The zero-order chi connectivity index (χ0) is 20.2. The van der Waals surface area contributed by atoms with Crippen LogP contribution in [-0.2, 0) is 11.2 Å². The van der Waals surface area contributed by atoms with Crippen molar-refractivity contribution in [3.63, 3.8) is 0 Å². The number of aryl methyl sites for hydroxylation is 1. The normalized spacial score (nSPS) is 11.0. The number of carbonyl (C=O) groups is 1. The molecule has 0 atom stereocenters. The Hall–Kier alpha value is -3.33. The number of H-pyrrole nitrogens is 1. The Balaban J connectivity index is 1.59. The van der Waals surface area contributed by atoms with E-state index in [1.807, 2.05) is 60.8 Å². The molecule has 0 radical (unpaired) electrons. The Morgan fingerprint density at radius 3 is 2.97 bits per heavy atom. The SMILES string of the molecule is CCNC(=O)Cc1cccc(Sc2cc3nccn3c(Nc3cc(C)[nH]n3)n2)c1.